The lowest BCUT2D eigenvalue weighted by Crippen LogP contribution is -2.17. The number of hydrogen-bond donors (Lipinski definition) is 1. The first-order valence-corrected chi connectivity index (χ1v) is 11.6. The molecule has 2 aromatic heterocycles. The average Bonchev–Trinajstić information content (AvgIpc) is 3.45. The fourth-order valence-electron chi connectivity index (χ4n) is 3.51. The smallest absolute Gasteiger partial charge is 0.236 e. The second-order valence-corrected chi connectivity index (χ2v) is 8.97. The van der Waals surface area contributed by atoms with Crippen molar-refractivity contribution in [1.82, 2.24) is 24.5 Å². The number of amides is 1. The molecule has 1 N–H and O–H groups in total. The van der Waals surface area contributed by atoms with Crippen LogP contribution in [0.15, 0.2) is 65.8 Å². The molecule has 0 radical (unpaired) electrons. The third-order valence-electron chi connectivity index (χ3n) is 5.27. The van der Waals surface area contributed by atoms with Gasteiger partial charge in [-0.1, -0.05) is 47.7 Å². The van der Waals surface area contributed by atoms with Crippen molar-refractivity contribution >= 4 is 23.5 Å². The number of hydrogen-bond acceptors (Lipinski definition) is 5. The number of nitrogens with one attached hydrogen (secondary N) is 1. The fourth-order valence-corrected chi connectivity index (χ4v) is 4.14. The van der Waals surface area contributed by atoms with Crippen molar-refractivity contribution in [2.75, 3.05) is 11.1 Å². The van der Waals surface area contributed by atoms with E-state index in [1.165, 1.54) is 17.3 Å². The lowest BCUT2D eigenvalue weighted by molar-refractivity contribution is -0.113. The Labute approximate surface area is 190 Å². The number of carbonyl (C=O) groups is 1. The number of aryl methyl sites for hydroxylation is 2. The molecule has 0 aliphatic heterocycles. The van der Waals surface area contributed by atoms with Crippen LogP contribution in [0.25, 0.3) is 11.4 Å². The normalized spacial score (nSPS) is 13.3. The summed E-state index contributed by atoms with van der Waals surface area (Å²) in [6.45, 7) is 3.95. The van der Waals surface area contributed by atoms with E-state index in [1.807, 2.05) is 79.2 Å². The molecule has 2 heterocycles. The molecule has 2 aromatic carbocycles. The molecule has 0 bridgehead atoms. The first kappa shape index (κ1) is 20.5. The van der Waals surface area contributed by atoms with Crippen molar-refractivity contribution in [3.8, 4) is 11.4 Å². The van der Waals surface area contributed by atoms with Crippen LogP contribution in [0.5, 0.6) is 0 Å². The minimum absolute atomic E-state index is 0.118. The highest BCUT2D eigenvalue weighted by Crippen LogP contribution is 2.40. The summed E-state index contributed by atoms with van der Waals surface area (Å²) in [5.41, 5.74) is 3.91. The SMILES string of the molecule is Cc1ccc(-n2nc(C)cc2NC(=O)CSc2nc(C3CC3)n(-c3ccccc3)n2)cc1. The van der Waals surface area contributed by atoms with E-state index in [0.717, 1.165) is 35.7 Å². The summed E-state index contributed by atoms with van der Waals surface area (Å²) < 4.78 is 3.67. The Hall–Kier alpha value is -3.39. The van der Waals surface area contributed by atoms with Gasteiger partial charge in [0.2, 0.25) is 11.1 Å². The molecule has 7 nitrogen and oxygen atoms in total. The quantitative estimate of drug-likeness (QED) is 0.419. The number of nitrogens with zero attached hydrogens (tertiary/aromatic N) is 5. The molecule has 5 rings (SSSR count). The lowest BCUT2D eigenvalue weighted by atomic mass is 10.2. The minimum Gasteiger partial charge on any atom is -0.310 e. The second kappa shape index (κ2) is 8.63. The molecule has 0 saturated heterocycles. The van der Waals surface area contributed by atoms with Crippen molar-refractivity contribution in [2.45, 2.75) is 37.8 Å². The van der Waals surface area contributed by atoms with E-state index in [-0.39, 0.29) is 11.7 Å². The lowest BCUT2D eigenvalue weighted by Gasteiger charge is -2.08. The molecule has 1 fully saturated rings. The summed E-state index contributed by atoms with van der Waals surface area (Å²) in [5, 5.41) is 12.8. The molecule has 1 aliphatic rings. The number of anilines is 1. The van der Waals surface area contributed by atoms with Gasteiger partial charge in [-0.15, -0.1) is 5.10 Å². The van der Waals surface area contributed by atoms with Gasteiger partial charge in [-0.3, -0.25) is 4.79 Å². The molecule has 8 heteroatoms. The molecular weight excluding hydrogens is 420 g/mol. The van der Waals surface area contributed by atoms with Gasteiger partial charge in [-0.25, -0.2) is 14.3 Å². The van der Waals surface area contributed by atoms with Gasteiger partial charge in [0.25, 0.3) is 0 Å². The van der Waals surface area contributed by atoms with Crippen LogP contribution in [0.4, 0.5) is 5.82 Å². The van der Waals surface area contributed by atoms with Gasteiger partial charge in [0.1, 0.15) is 11.6 Å². The van der Waals surface area contributed by atoms with Crippen LogP contribution in [0.3, 0.4) is 0 Å². The van der Waals surface area contributed by atoms with Gasteiger partial charge >= 0.3 is 0 Å². The predicted octanol–water partition coefficient (Wildman–Crippen LogP) is 4.68. The minimum atomic E-state index is -0.118. The number of rotatable bonds is 7. The zero-order valence-electron chi connectivity index (χ0n) is 18.0. The van der Waals surface area contributed by atoms with E-state index in [0.29, 0.717) is 16.9 Å². The number of para-hydroxylation sites is 1. The van der Waals surface area contributed by atoms with Crippen molar-refractivity contribution in [3.05, 3.63) is 77.7 Å². The van der Waals surface area contributed by atoms with Crippen LogP contribution >= 0.6 is 11.8 Å². The first-order chi connectivity index (χ1) is 15.6. The van der Waals surface area contributed by atoms with Gasteiger partial charge in [-0.05, 0) is 51.0 Å². The summed E-state index contributed by atoms with van der Waals surface area (Å²) in [6.07, 6.45) is 2.27. The molecule has 0 spiro atoms. The van der Waals surface area contributed by atoms with E-state index in [9.17, 15) is 4.79 Å². The molecule has 162 valence electrons. The highest BCUT2D eigenvalue weighted by atomic mass is 32.2. The van der Waals surface area contributed by atoms with Gasteiger partial charge in [0.15, 0.2) is 0 Å². The highest BCUT2D eigenvalue weighted by Gasteiger charge is 2.30. The molecule has 1 amide bonds. The summed E-state index contributed by atoms with van der Waals surface area (Å²) in [7, 11) is 0. The first-order valence-electron chi connectivity index (χ1n) is 10.7. The monoisotopic (exact) mass is 444 g/mol. The van der Waals surface area contributed by atoms with Gasteiger partial charge in [-0.2, -0.15) is 5.10 Å². The Morgan fingerprint density at radius 1 is 1.00 bits per heavy atom. The van der Waals surface area contributed by atoms with Gasteiger partial charge in [0, 0.05) is 12.0 Å². The number of thioether (sulfide) groups is 1. The Morgan fingerprint density at radius 2 is 1.72 bits per heavy atom. The van der Waals surface area contributed by atoms with E-state index >= 15 is 0 Å². The Bertz CT molecular complexity index is 1240. The van der Waals surface area contributed by atoms with E-state index in [2.05, 4.69) is 15.5 Å². The molecule has 0 atom stereocenters. The maximum absolute atomic E-state index is 12.7. The standard InChI is InChI=1S/C24H24N6OS/c1-16-8-12-20(13-9-16)29-21(14-17(2)27-29)25-22(31)15-32-24-26-23(18-10-11-18)30(28-24)19-6-4-3-5-7-19/h3-9,12-14,18H,10-11,15H2,1-2H3,(H,25,31). The summed E-state index contributed by atoms with van der Waals surface area (Å²) in [4.78, 5) is 17.4. The summed E-state index contributed by atoms with van der Waals surface area (Å²) >= 11 is 1.35. The van der Waals surface area contributed by atoms with E-state index < -0.39 is 0 Å². The van der Waals surface area contributed by atoms with Crippen LogP contribution in [-0.2, 0) is 4.79 Å². The van der Waals surface area contributed by atoms with E-state index in [4.69, 9.17) is 4.98 Å². The number of aromatic nitrogens is 5. The van der Waals surface area contributed by atoms with Crippen LogP contribution in [0, 0.1) is 13.8 Å². The Balaban J connectivity index is 1.29. The van der Waals surface area contributed by atoms with Crippen molar-refractivity contribution in [3.63, 3.8) is 0 Å². The Kier molecular flexibility index (Phi) is 5.53. The fraction of sp³-hybridized carbons (Fsp3) is 0.250. The largest absolute Gasteiger partial charge is 0.310 e. The van der Waals surface area contributed by atoms with Crippen LogP contribution < -0.4 is 5.32 Å². The summed E-state index contributed by atoms with van der Waals surface area (Å²) in [5.74, 6) is 2.19. The molecule has 1 saturated carbocycles. The molecule has 32 heavy (non-hydrogen) atoms. The topological polar surface area (TPSA) is 77.6 Å². The maximum atomic E-state index is 12.7. The van der Waals surface area contributed by atoms with Crippen molar-refractivity contribution in [1.29, 1.82) is 0 Å². The maximum Gasteiger partial charge on any atom is 0.236 e. The third-order valence-corrected chi connectivity index (χ3v) is 6.10. The summed E-state index contributed by atoms with van der Waals surface area (Å²) in [6, 6.07) is 19.9. The zero-order valence-corrected chi connectivity index (χ0v) is 18.8. The van der Waals surface area contributed by atoms with Crippen LogP contribution in [0.2, 0.25) is 0 Å². The van der Waals surface area contributed by atoms with Crippen molar-refractivity contribution < 1.29 is 4.79 Å². The third kappa shape index (κ3) is 4.45. The predicted molar refractivity (Wildman–Crippen MR) is 126 cm³/mol. The second-order valence-electron chi connectivity index (χ2n) is 8.03. The van der Waals surface area contributed by atoms with Gasteiger partial charge < -0.3 is 5.32 Å². The molecule has 1 aliphatic carbocycles. The highest BCUT2D eigenvalue weighted by molar-refractivity contribution is 7.99. The van der Waals surface area contributed by atoms with E-state index in [1.54, 1.807) is 4.68 Å². The number of benzene rings is 2. The van der Waals surface area contributed by atoms with Gasteiger partial charge in [0.05, 0.1) is 22.8 Å². The average molecular weight is 445 g/mol. The van der Waals surface area contributed by atoms with Crippen molar-refractivity contribution in [2.24, 2.45) is 0 Å². The zero-order chi connectivity index (χ0) is 22.1. The molecular formula is C24H24N6OS. The molecule has 4 aromatic rings. The molecule has 0 unspecified atom stereocenters. The Morgan fingerprint density at radius 3 is 2.44 bits per heavy atom. The number of carbonyl (C=O) groups excluding carboxylic acids is 1. The van der Waals surface area contributed by atoms with Crippen LogP contribution in [0.1, 0.15) is 35.8 Å². The van der Waals surface area contributed by atoms with Crippen LogP contribution in [-0.4, -0.2) is 36.2 Å².